The average Bonchev–Trinajstić information content (AvgIpc) is 2.82. The molecule has 5 nitrogen and oxygen atoms in total. The third-order valence-electron chi connectivity index (χ3n) is 2.88. The van der Waals surface area contributed by atoms with E-state index in [4.69, 9.17) is 9.26 Å². The summed E-state index contributed by atoms with van der Waals surface area (Å²) in [6, 6.07) is 7.34. The van der Waals surface area contributed by atoms with E-state index in [0.717, 1.165) is 22.7 Å². The molecule has 2 rings (SSSR count). The Balaban J connectivity index is 2.14. The molecular formula is C14H16N2O3. The first kappa shape index (κ1) is 13.1. The van der Waals surface area contributed by atoms with Crippen molar-refractivity contribution in [1.82, 2.24) is 5.16 Å². The van der Waals surface area contributed by atoms with Crippen LogP contribution in [0, 0.1) is 13.8 Å². The summed E-state index contributed by atoms with van der Waals surface area (Å²) in [5.41, 5.74) is 3.11. The van der Waals surface area contributed by atoms with Crippen molar-refractivity contribution in [2.24, 2.45) is 0 Å². The van der Waals surface area contributed by atoms with Crippen molar-refractivity contribution in [3.8, 4) is 0 Å². The largest absolute Gasteiger partial charge is 0.465 e. The van der Waals surface area contributed by atoms with E-state index in [1.807, 2.05) is 32.0 Å². The molecule has 1 aromatic heterocycles. The monoisotopic (exact) mass is 260 g/mol. The zero-order chi connectivity index (χ0) is 13.8. The molecule has 2 aromatic rings. The first-order valence-electron chi connectivity index (χ1n) is 5.96. The number of esters is 1. The zero-order valence-corrected chi connectivity index (χ0v) is 11.2. The lowest BCUT2D eigenvalue weighted by Gasteiger charge is -2.11. The summed E-state index contributed by atoms with van der Waals surface area (Å²) in [5, 5.41) is 7.14. The Morgan fingerprint density at radius 3 is 2.84 bits per heavy atom. The highest BCUT2D eigenvalue weighted by atomic mass is 16.5. The molecule has 0 atom stereocenters. The van der Waals surface area contributed by atoms with Gasteiger partial charge in [-0.3, -0.25) is 0 Å². The molecule has 0 spiro atoms. The van der Waals surface area contributed by atoms with E-state index in [2.05, 4.69) is 10.5 Å². The van der Waals surface area contributed by atoms with Crippen LogP contribution >= 0.6 is 0 Å². The lowest BCUT2D eigenvalue weighted by atomic mass is 10.1. The quantitative estimate of drug-likeness (QED) is 0.856. The van der Waals surface area contributed by atoms with Gasteiger partial charge in [-0.05, 0) is 31.5 Å². The van der Waals surface area contributed by atoms with E-state index < -0.39 is 0 Å². The van der Waals surface area contributed by atoms with Gasteiger partial charge in [-0.2, -0.15) is 0 Å². The number of benzene rings is 1. The van der Waals surface area contributed by atoms with Gasteiger partial charge in [0.05, 0.1) is 19.2 Å². The summed E-state index contributed by atoms with van der Waals surface area (Å²) < 4.78 is 9.74. The fourth-order valence-electron chi connectivity index (χ4n) is 1.85. The number of hydrogen-bond acceptors (Lipinski definition) is 5. The van der Waals surface area contributed by atoms with Crippen molar-refractivity contribution in [3.63, 3.8) is 0 Å². The maximum Gasteiger partial charge on any atom is 0.338 e. The number of hydrogen-bond donors (Lipinski definition) is 1. The second kappa shape index (κ2) is 5.56. The summed E-state index contributed by atoms with van der Waals surface area (Å²) >= 11 is 0. The van der Waals surface area contributed by atoms with Crippen molar-refractivity contribution in [2.45, 2.75) is 20.4 Å². The smallest absolute Gasteiger partial charge is 0.338 e. The molecule has 1 N–H and O–H groups in total. The van der Waals surface area contributed by atoms with E-state index >= 15 is 0 Å². The van der Waals surface area contributed by atoms with Crippen molar-refractivity contribution < 1.29 is 14.1 Å². The maximum atomic E-state index is 11.6. The summed E-state index contributed by atoms with van der Waals surface area (Å²) in [7, 11) is 1.38. The number of aryl methyl sites for hydroxylation is 1. The van der Waals surface area contributed by atoms with Crippen LogP contribution in [0.25, 0.3) is 0 Å². The lowest BCUT2D eigenvalue weighted by molar-refractivity contribution is 0.0600. The normalized spacial score (nSPS) is 10.3. The standard InChI is InChI=1S/C14H16N2O3/c1-9-7-11(16-19-9)8-15-13-6-4-5-12(10(13)2)14(17)18-3/h4-7,15H,8H2,1-3H3. The van der Waals surface area contributed by atoms with Crippen LogP contribution in [0.5, 0.6) is 0 Å². The number of methoxy groups -OCH3 is 1. The molecule has 0 amide bonds. The molecule has 0 aliphatic carbocycles. The molecule has 100 valence electrons. The van der Waals surface area contributed by atoms with Crippen LogP contribution in [0.3, 0.4) is 0 Å². The lowest BCUT2D eigenvalue weighted by Crippen LogP contribution is -2.07. The molecule has 0 bridgehead atoms. The minimum atomic E-state index is -0.335. The van der Waals surface area contributed by atoms with Crippen LogP contribution in [0.1, 0.15) is 27.4 Å². The average molecular weight is 260 g/mol. The Kier molecular flexibility index (Phi) is 3.85. The minimum absolute atomic E-state index is 0.335. The maximum absolute atomic E-state index is 11.6. The fraction of sp³-hybridized carbons (Fsp3) is 0.286. The minimum Gasteiger partial charge on any atom is -0.465 e. The van der Waals surface area contributed by atoms with Gasteiger partial charge >= 0.3 is 5.97 Å². The van der Waals surface area contributed by atoms with E-state index in [9.17, 15) is 4.79 Å². The molecular weight excluding hydrogens is 244 g/mol. The highest BCUT2D eigenvalue weighted by molar-refractivity contribution is 5.92. The van der Waals surface area contributed by atoms with Crippen molar-refractivity contribution in [1.29, 1.82) is 0 Å². The third-order valence-corrected chi connectivity index (χ3v) is 2.88. The SMILES string of the molecule is COC(=O)c1cccc(NCc2cc(C)on2)c1C. The van der Waals surface area contributed by atoms with Gasteiger partial charge in [0.1, 0.15) is 11.5 Å². The first-order chi connectivity index (χ1) is 9.11. The van der Waals surface area contributed by atoms with Gasteiger partial charge in [-0.1, -0.05) is 11.2 Å². The highest BCUT2D eigenvalue weighted by Gasteiger charge is 2.11. The number of ether oxygens (including phenoxy) is 1. The summed E-state index contributed by atoms with van der Waals surface area (Å²) in [6.45, 7) is 4.27. The Hall–Kier alpha value is -2.30. The highest BCUT2D eigenvalue weighted by Crippen LogP contribution is 2.20. The predicted octanol–water partition coefficient (Wildman–Crippen LogP) is 2.69. The van der Waals surface area contributed by atoms with Gasteiger partial charge in [-0.25, -0.2) is 4.79 Å². The van der Waals surface area contributed by atoms with Crippen molar-refractivity contribution in [3.05, 3.63) is 46.8 Å². The number of nitrogens with zero attached hydrogens (tertiary/aromatic N) is 1. The molecule has 0 fully saturated rings. The number of carbonyl (C=O) groups is 1. The van der Waals surface area contributed by atoms with E-state index in [-0.39, 0.29) is 5.97 Å². The van der Waals surface area contributed by atoms with Gasteiger partial charge in [0, 0.05) is 11.8 Å². The second-order valence-electron chi connectivity index (χ2n) is 4.25. The van der Waals surface area contributed by atoms with Gasteiger partial charge in [-0.15, -0.1) is 0 Å². The number of anilines is 1. The van der Waals surface area contributed by atoms with E-state index in [1.54, 1.807) is 6.07 Å². The van der Waals surface area contributed by atoms with Crippen LogP contribution in [-0.4, -0.2) is 18.2 Å². The summed E-state index contributed by atoms with van der Waals surface area (Å²) in [5.74, 6) is 0.440. The molecule has 0 radical (unpaired) electrons. The number of nitrogens with one attached hydrogen (secondary N) is 1. The Labute approximate surface area is 111 Å². The molecule has 5 heteroatoms. The van der Waals surface area contributed by atoms with E-state index in [1.165, 1.54) is 7.11 Å². The predicted molar refractivity (Wildman–Crippen MR) is 71.1 cm³/mol. The Morgan fingerprint density at radius 1 is 1.42 bits per heavy atom. The number of aromatic nitrogens is 1. The van der Waals surface area contributed by atoms with Crippen molar-refractivity contribution >= 4 is 11.7 Å². The van der Waals surface area contributed by atoms with Gasteiger partial charge in [0.2, 0.25) is 0 Å². The molecule has 1 aromatic carbocycles. The topological polar surface area (TPSA) is 64.4 Å². The summed E-state index contributed by atoms with van der Waals surface area (Å²) in [4.78, 5) is 11.6. The molecule has 0 saturated carbocycles. The van der Waals surface area contributed by atoms with Gasteiger partial charge in [0.25, 0.3) is 0 Å². The van der Waals surface area contributed by atoms with Crippen molar-refractivity contribution in [2.75, 3.05) is 12.4 Å². The molecule has 0 saturated heterocycles. The Morgan fingerprint density at radius 2 is 2.21 bits per heavy atom. The van der Waals surface area contributed by atoms with Crippen LogP contribution in [0.15, 0.2) is 28.8 Å². The molecule has 0 aliphatic rings. The fourth-order valence-corrected chi connectivity index (χ4v) is 1.85. The van der Waals surface area contributed by atoms with E-state index in [0.29, 0.717) is 12.1 Å². The molecule has 19 heavy (non-hydrogen) atoms. The third kappa shape index (κ3) is 2.93. The molecule has 1 heterocycles. The molecule has 0 unspecified atom stereocenters. The second-order valence-corrected chi connectivity index (χ2v) is 4.25. The first-order valence-corrected chi connectivity index (χ1v) is 5.96. The number of rotatable bonds is 4. The van der Waals surface area contributed by atoms with Gasteiger partial charge < -0.3 is 14.6 Å². The Bertz CT molecular complexity index is 590. The van der Waals surface area contributed by atoms with Gasteiger partial charge in [0.15, 0.2) is 0 Å². The van der Waals surface area contributed by atoms with Crippen LogP contribution in [-0.2, 0) is 11.3 Å². The number of carbonyl (C=O) groups excluding carboxylic acids is 1. The van der Waals surface area contributed by atoms with Crippen LogP contribution in [0.2, 0.25) is 0 Å². The van der Waals surface area contributed by atoms with Crippen LogP contribution < -0.4 is 5.32 Å². The van der Waals surface area contributed by atoms with Crippen LogP contribution in [0.4, 0.5) is 5.69 Å². The zero-order valence-electron chi connectivity index (χ0n) is 11.2. The molecule has 0 aliphatic heterocycles. The summed E-state index contributed by atoms with van der Waals surface area (Å²) in [6.07, 6.45) is 0.